The number of para-hydroxylation sites is 2. The summed E-state index contributed by atoms with van der Waals surface area (Å²) in [5.41, 5.74) is 2.83. The number of hydrogen-bond donors (Lipinski definition) is 1. The largest absolute Gasteiger partial charge is 0.493 e. The van der Waals surface area contributed by atoms with Crippen molar-refractivity contribution in [3.8, 4) is 11.4 Å². The number of carbonyl (C=O) groups is 1. The maximum absolute atomic E-state index is 12.7. The highest BCUT2D eigenvalue weighted by molar-refractivity contribution is 5.93. The Morgan fingerprint density at radius 1 is 1.14 bits per heavy atom. The van der Waals surface area contributed by atoms with Crippen LogP contribution < -0.4 is 10.1 Å². The van der Waals surface area contributed by atoms with Gasteiger partial charge in [-0.3, -0.25) is 4.79 Å². The Bertz CT molecular complexity index is 1130. The van der Waals surface area contributed by atoms with Crippen LogP contribution in [0.25, 0.3) is 16.7 Å². The fraction of sp³-hybridized carbons (Fsp3) is 0.182. The second-order valence-corrected chi connectivity index (χ2v) is 6.64. The van der Waals surface area contributed by atoms with Gasteiger partial charge in [-0.2, -0.15) is 5.10 Å². The molecule has 1 amide bonds. The van der Waals surface area contributed by atoms with Crippen molar-refractivity contribution < 1.29 is 13.9 Å². The van der Waals surface area contributed by atoms with Crippen LogP contribution in [0.3, 0.4) is 0 Å². The summed E-state index contributed by atoms with van der Waals surface area (Å²) in [7, 11) is 1.60. The number of furan rings is 1. The van der Waals surface area contributed by atoms with E-state index in [4.69, 9.17) is 9.15 Å². The van der Waals surface area contributed by atoms with Gasteiger partial charge in [0.25, 0.3) is 5.91 Å². The molecule has 142 valence electrons. The number of amides is 1. The molecule has 0 bridgehead atoms. The van der Waals surface area contributed by atoms with Crippen molar-refractivity contribution in [1.29, 1.82) is 0 Å². The molecule has 0 saturated heterocycles. The number of aryl methyl sites for hydroxylation is 1. The van der Waals surface area contributed by atoms with Crippen LogP contribution in [-0.4, -0.2) is 22.8 Å². The van der Waals surface area contributed by atoms with Crippen molar-refractivity contribution in [2.75, 3.05) is 7.11 Å². The van der Waals surface area contributed by atoms with E-state index in [0.29, 0.717) is 22.8 Å². The molecule has 6 nitrogen and oxygen atoms in total. The van der Waals surface area contributed by atoms with Crippen molar-refractivity contribution >= 4 is 16.9 Å². The third-order valence-corrected chi connectivity index (χ3v) is 4.64. The Labute approximate surface area is 162 Å². The van der Waals surface area contributed by atoms with Gasteiger partial charge in [-0.1, -0.05) is 30.3 Å². The molecule has 4 aromatic rings. The molecule has 0 saturated carbocycles. The number of fused-ring (bicyclic) bond motifs is 1. The van der Waals surface area contributed by atoms with Crippen molar-refractivity contribution in [3.63, 3.8) is 0 Å². The molecule has 2 aromatic carbocycles. The molecule has 0 radical (unpaired) electrons. The van der Waals surface area contributed by atoms with Crippen molar-refractivity contribution in [3.05, 3.63) is 77.8 Å². The summed E-state index contributed by atoms with van der Waals surface area (Å²) in [4.78, 5) is 12.7. The molecule has 1 atom stereocenters. The van der Waals surface area contributed by atoms with Gasteiger partial charge in [0.15, 0.2) is 17.0 Å². The van der Waals surface area contributed by atoms with E-state index in [0.717, 1.165) is 16.8 Å². The Hall–Kier alpha value is -3.54. The first-order chi connectivity index (χ1) is 13.6. The van der Waals surface area contributed by atoms with E-state index in [2.05, 4.69) is 10.4 Å². The zero-order chi connectivity index (χ0) is 19.7. The van der Waals surface area contributed by atoms with Gasteiger partial charge in [0, 0.05) is 11.1 Å². The van der Waals surface area contributed by atoms with Gasteiger partial charge >= 0.3 is 0 Å². The average molecular weight is 375 g/mol. The monoisotopic (exact) mass is 375 g/mol. The summed E-state index contributed by atoms with van der Waals surface area (Å²) in [5, 5.41) is 8.33. The standard InChI is InChI=1S/C22H21N3O3/c1-14-12-18(24-25(14)17-9-5-4-6-10-17)22(26)23-15(2)20-13-16-8-7-11-19(27-3)21(16)28-20/h4-13,15H,1-3H3,(H,23,26). The van der Waals surface area contributed by atoms with Crippen molar-refractivity contribution in [2.45, 2.75) is 19.9 Å². The predicted molar refractivity (Wildman–Crippen MR) is 107 cm³/mol. The van der Waals surface area contributed by atoms with Gasteiger partial charge < -0.3 is 14.5 Å². The van der Waals surface area contributed by atoms with Gasteiger partial charge in [0.2, 0.25) is 0 Å². The topological polar surface area (TPSA) is 69.3 Å². The van der Waals surface area contributed by atoms with E-state index in [1.165, 1.54) is 0 Å². The normalized spacial score (nSPS) is 12.1. The lowest BCUT2D eigenvalue weighted by atomic mass is 10.2. The zero-order valence-electron chi connectivity index (χ0n) is 16.0. The molecule has 1 N–H and O–H groups in total. The number of methoxy groups -OCH3 is 1. The fourth-order valence-electron chi connectivity index (χ4n) is 3.19. The molecule has 0 spiro atoms. The highest BCUT2D eigenvalue weighted by atomic mass is 16.5. The van der Waals surface area contributed by atoms with Crippen LogP contribution in [0.1, 0.15) is 34.9 Å². The number of benzene rings is 2. The molecule has 28 heavy (non-hydrogen) atoms. The van der Waals surface area contributed by atoms with Crippen molar-refractivity contribution in [2.24, 2.45) is 0 Å². The zero-order valence-corrected chi connectivity index (χ0v) is 16.0. The molecular formula is C22H21N3O3. The molecule has 6 heteroatoms. The first-order valence-corrected chi connectivity index (χ1v) is 9.06. The van der Waals surface area contributed by atoms with E-state index in [1.54, 1.807) is 17.9 Å². The third-order valence-electron chi connectivity index (χ3n) is 4.64. The second-order valence-electron chi connectivity index (χ2n) is 6.64. The molecule has 0 aliphatic heterocycles. The molecule has 2 heterocycles. The van der Waals surface area contributed by atoms with E-state index < -0.39 is 0 Å². The first kappa shape index (κ1) is 17.9. The van der Waals surface area contributed by atoms with Crippen LogP contribution in [-0.2, 0) is 0 Å². The number of ether oxygens (including phenoxy) is 1. The molecule has 0 aliphatic carbocycles. The minimum absolute atomic E-state index is 0.252. The van der Waals surface area contributed by atoms with Crippen molar-refractivity contribution in [1.82, 2.24) is 15.1 Å². The molecule has 0 aliphatic rings. The number of rotatable bonds is 5. The smallest absolute Gasteiger partial charge is 0.272 e. The predicted octanol–water partition coefficient (Wildman–Crippen LogP) is 4.43. The summed E-state index contributed by atoms with van der Waals surface area (Å²) in [6.45, 7) is 3.80. The SMILES string of the molecule is COc1cccc2cc(C(C)NC(=O)c3cc(C)n(-c4ccccc4)n3)oc12. The van der Waals surface area contributed by atoms with Crippen LogP contribution in [0.5, 0.6) is 5.75 Å². The van der Waals surface area contributed by atoms with Crippen LogP contribution in [0.15, 0.2) is 65.1 Å². The van der Waals surface area contributed by atoms with E-state index in [-0.39, 0.29) is 11.9 Å². The summed E-state index contributed by atoms with van der Waals surface area (Å²) in [5.74, 6) is 1.07. The van der Waals surface area contributed by atoms with Crippen LogP contribution >= 0.6 is 0 Å². The molecule has 1 unspecified atom stereocenters. The number of nitrogens with zero attached hydrogens (tertiary/aromatic N) is 2. The number of carbonyl (C=O) groups excluding carboxylic acids is 1. The van der Waals surface area contributed by atoms with Crippen LogP contribution in [0.2, 0.25) is 0 Å². The Balaban J connectivity index is 1.55. The van der Waals surface area contributed by atoms with Crippen LogP contribution in [0, 0.1) is 6.92 Å². The van der Waals surface area contributed by atoms with E-state index in [1.807, 2.05) is 68.4 Å². The summed E-state index contributed by atoms with van der Waals surface area (Å²) in [6.07, 6.45) is 0. The van der Waals surface area contributed by atoms with E-state index >= 15 is 0 Å². The fourth-order valence-corrected chi connectivity index (χ4v) is 3.19. The van der Waals surface area contributed by atoms with Crippen LogP contribution in [0.4, 0.5) is 0 Å². The molecule has 0 fully saturated rings. The van der Waals surface area contributed by atoms with Gasteiger partial charge in [0.05, 0.1) is 18.8 Å². The highest BCUT2D eigenvalue weighted by Crippen LogP contribution is 2.30. The Kier molecular flexibility index (Phi) is 4.61. The quantitative estimate of drug-likeness (QED) is 0.560. The molecule has 2 aromatic heterocycles. The second kappa shape index (κ2) is 7.23. The minimum Gasteiger partial charge on any atom is -0.493 e. The van der Waals surface area contributed by atoms with Gasteiger partial charge in [0.1, 0.15) is 5.76 Å². The minimum atomic E-state index is -0.313. The van der Waals surface area contributed by atoms with Gasteiger partial charge in [-0.25, -0.2) is 4.68 Å². The van der Waals surface area contributed by atoms with E-state index in [9.17, 15) is 4.79 Å². The average Bonchev–Trinajstić information content (AvgIpc) is 3.32. The van der Waals surface area contributed by atoms with Gasteiger partial charge in [-0.15, -0.1) is 0 Å². The maximum Gasteiger partial charge on any atom is 0.272 e. The summed E-state index contributed by atoms with van der Waals surface area (Å²) < 4.78 is 13.0. The molecular weight excluding hydrogens is 354 g/mol. The lowest BCUT2D eigenvalue weighted by molar-refractivity contribution is 0.0930. The number of hydrogen-bond acceptors (Lipinski definition) is 4. The number of aromatic nitrogens is 2. The maximum atomic E-state index is 12.7. The number of nitrogens with one attached hydrogen (secondary N) is 1. The Morgan fingerprint density at radius 2 is 1.93 bits per heavy atom. The lowest BCUT2D eigenvalue weighted by Gasteiger charge is -2.10. The summed E-state index contributed by atoms with van der Waals surface area (Å²) >= 11 is 0. The van der Waals surface area contributed by atoms with Gasteiger partial charge in [-0.05, 0) is 44.2 Å². The summed E-state index contributed by atoms with van der Waals surface area (Å²) in [6, 6.07) is 18.8. The lowest BCUT2D eigenvalue weighted by Crippen LogP contribution is -2.26. The Morgan fingerprint density at radius 3 is 2.68 bits per heavy atom. The highest BCUT2D eigenvalue weighted by Gasteiger charge is 2.19. The first-order valence-electron chi connectivity index (χ1n) is 9.06. The molecule has 4 rings (SSSR count). The third kappa shape index (κ3) is 3.24.